The first-order valence-electron chi connectivity index (χ1n) is 9.58. The summed E-state index contributed by atoms with van der Waals surface area (Å²) in [6, 6.07) is 10.3. The second kappa shape index (κ2) is 8.34. The molecule has 0 radical (unpaired) electrons. The molecular weight excluding hydrogens is 350 g/mol. The number of carbonyl (C=O) groups excluding carboxylic acids is 1. The molecule has 0 aliphatic rings. The van der Waals surface area contributed by atoms with E-state index < -0.39 is 0 Å². The Bertz CT molecular complexity index is 1040. The lowest BCUT2D eigenvalue weighted by atomic mass is 9.96. The Kier molecular flexibility index (Phi) is 5.88. The molecule has 4 nitrogen and oxygen atoms in total. The van der Waals surface area contributed by atoms with Crippen LogP contribution < -0.4 is 10.1 Å². The van der Waals surface area contributed by atoms with Crippen molar-refractivity contribution in [2.75, 3.05) is 13.7 Å². The molecule has 1 N–H and O–H groups in total. The normalized spacial score (nSPS) is 11.7. The highest BCUT2D eigenvalue weighted by Crippen LogP contribution is 2.38. The molecule has 28 heavy (non-hydrogen) atoms. The van der Waals surface area contributed by atoms with E-state index in [0.29, 0.717) is 12.3 Å². The lowest BCUT2D eigenvalue weighted by Crippen LogP contribution is -2.21. The fourth-order valence-electron chi connectivity index (χ4n) is 3.43. The standard InChI is InChI=1S/C24H27NO3/c1-6-9-25-24(26)11-17(4)19-12-20-21(14-28-23(20)13-22(19)27-5)18-8-7-15(2)10-16(18)3/h7-8,10-14H,6,9H2,1-5H3,(H,25,26)/b17-11+. The molecule has 2 aromatic carbocycles. The van der Waals surface area contributed by atoms with E-state index in [-0.39, 0.29) is 5.91 Å². The number of allylic oxidation sites excluding steroid dienone is 1. The molecule has 1 amide bonds. The largest absolute Gasteiger partial charge is 0.496 e. The zero-order chi connectivity index (χ0) is 20.3. The van der Waals surface area contributed by atoms with Crippen molar-refractivity contribution in [3.05, 3.63) is 59.4 Å². The third-order valence-electron chi connectivity index (χ3n) is 4.89. The van der Waals surface area contributed by atoms with Crippen molar-refractivity contribution in [3.63, 3.8) is 0 Å². The quantitative estimate of drug-likeness (QED) is 0.564. The van der Waals surface area contributed by atoms with Gasteiger partial charge in [0.05, 0.1) is 13.4 Å². The van der Waals surface area contributed by atoms with Gasteiger partial charge in [0, 0.05) is 35.2 Å². The van der Waals surface area contributed by atoms with E-state index in [9.17, 15) is 4.79 Å². The fraction of sp³-hybridized carbons (Fsp3) is 0.292. The summed E-state index contributed by atoms with van der Waals surface area (Å²) < 4.78 is 11.4. The van der Waals surface area contributed by atoms with Gasteiger partial charge in [-0.1, -0.05) is 30.7 Å². The van der Waals surface area contributed by atoms with Crippen LogP contribution in [0.4, 0.5) is 0 Å². The van der Waals surface area contributed by atoms with Gasteiger partial charge < -0.3 is 14.5 Å². The molecule has 0 bridgehead atoms. The van der Waals surface area contributed by atoms with Crippen LogP contribution in [0.1, 0.15) is 37.0 Å². The maximum atomic E-state index is 12.1. The molecule has 1 heterocycles. The first-order valence-corrected chi connectivity index (χ1v) is 9.58. The average molecular weight is 377 g/mol. The molecule has 3 aromatic rings. The van der Waals surface area contributed by atoms with Crippen LogP contribution in [-0.2, 0) is 4.79 Å². The van der Waals surface area contributed by atoms with Crippen molar-refractivity contribution in [2.45, 2.75) is 34.1 Å². The SMILES string of the molecule is CCCNC(=O)/C=C(\C)c1cc2c(-c3ccc(C)cc3C)coc2cc1OC. The minimum Gasteiger partial charge on any atom is -0.496 e. The summed E-state index contributed by atoms with van der Waals surface area (Å²) in [5.41, 5.74) is 7.11. The number of amides is 1. The molecule has 0 fully saturated rings. The second-order valence-corrected chi connectivity index (χ2v) is 7.13. The van der Waals surface area contributed by atoms with E-state index in [2.05, 4.69) is 37.4 Å². The number of furan rings is 1. The predicted octanol–water partition coefficient (Wildman–Crippen LogP) is 5.65. The number of hydrogen-bond acceptors (Lipinski definition) is 3. The average Bonchev–Trinajstić information content (AvgIpc) is 3.08. The van der Waals surface area contributed by atoms with Crippen LogP contribution in [-0.4, -0.2) is 19.6 Å². The first kappa shape index (κ1) is 19.7. The van der Waals surface area contributed by atoms with Crippen LogP contribution in [0.15, 0.2) is 47.1 Å². The fourth-order valence-corrected chi connectivity index (χ4v) is 3.43. The highest BCUT2D eigenvalue weighted by Gasteiger charge is 2.16. The molecule has 146 valence electrons. The molecule has 3 rings (SSSR count). The Labute approximate surface area is 166 Å². The van der Waals surface area contributed by atoms with Gasteiger partial charge in [-0.15, -0.1) is 0 Å². The van der Waals surface area contributed by atoms with Crippen LogP contribution >= 0.6 is 0 Å². The highest BCUT2D eigenvalue weighted by molar-refractivity contribution is 6.00. The number of carbonyl (C=O) groups is 1. The maximum absolute atomic E-state index is 12.1. The minimum atomic E-state index is -0.0942. The summed E-state index contributed by atoms with van der Waals surface area (Å²) in [6.07, 6.45) is 4.32. The van der Waals surface area contributed by atoms with Crippen LogP contribution in [0.3, 0.4) is 0 Å². The van der Waals surface area contributed by atoms with Crippen molar-refractivity contribution >= 4 is 22.4 Å². The Hall–Kier alpha value is -3.01. The van der Waals surface area contributed by atoms with Crippen molar-refractivity contribution < 1.29 is 13.9 Å². The summed E-state index contributed by atoms with van der Waals surface area (Å²) in [7, 11) is 1.63. The van der Waals surface area contributed by atoms with Gasteiger partial charge in [0.25, 0.3) is 0 Å². The van der Waals surface area contributed by atoms with Gasteiger partial charge in [-0.2, -0.15) is 0 Å². The monoisotopic (exact) mass is 377 g/mol. The Morgan fingerprint density at radius 1 is 1.18 bits per heavy atom. The van der Waals surface area contributed by atoms with Crippen LogP contribution in [0, 0.1) is 13.8 Å². The van der Waals surface area contributed by atoms with Crippen LogP contribution in [0.5, 0.6) is 5.75 Å². The van der Waals surface area contributed by atoms with Crippen molar-refractivity contribution in [1.82, 2.24) is 5.32 Å². The lowest BCUT2D eigenvalue weighted by Gasteiger charge is -2.11. The van der Waals surface area contributed by atoms with E-state index in [1.165, 1.54) is 11.1 Å². The molecular formula is C24H27NO3. The van der Waals surface area contributed by atoms with E-state index in [0.717, 1.165) is 39.7 Å². The summed E-state index contributed by atoms with van der Waals surface area (Å²) in [4.78, 5) is 12.1. The smallest absolute Gasteiger partial charge is 0.244 e. The number of fused-ring (bicyclic) bond motifs is 1. The molecule has 0 saturated carbocycles. The minimum absolute atomic E-state index is 0.0942. The van der Waals surface area contributed by atoms with Crippen molar-refractivity contribution in [1.29, 1.82) is 0 Å². The highest BCUT2D eigenvalue weighted by atomic mass is 16.5. The van der Waals surface area contributed by atoms with Crippen molar-refractivity contribution in [3.8, 4) is 16.9 Å². The second-order valence-electron chi connectivity index (χ2n) is 7.13. The van der Waals surface area contributed by atoms with Gasteiger partial charge in [0.15, 0.2) is 0 Å². The molecule has 0 aliphatic carbocycles. The summed E-state index contributed by atoms with van der Waals surface area (Å²) in [6.45, 7) is 8.81. The summed E-state index contributed by atoms with van der Waals surface area (Å²) in [5.74, 6) is 0.592. The third-order valence-corrected chi connectivity index (χ3v) is 4.89. The molecule has 0 atom stereocenters. The van der Waals surface area contributed by atoms with Crippen LogP contribution in [0.2, 0.25) is 0 Å². The number of methoxy groups -OCH3 is 1. The number of benzene rings is 2. The zero-order valence-corrected chi connectivity index (χ0v) is 17.2. The summed E-state index contributed by atoms with van der Waals surface area (Å²) >= 11 is 0. The maximum Gasteiger partial charge on any atom is 0.244 e. The Morgan fingerprint density at radius 3 is 2.64 bits per heavy atom. The zero-order valence-electron chi connectivity index (χ0n) is 17.2. The van der Waals surface area contributed by atoms with Gasteiger partial charge in [0.1, 0.15) is 11.3 Å². The van der Waals surface area contributed by atoms with Gasteiger partial charge >= 0.3 is 0 Å². The molecule has 0 saturated heterocycles. The first-order chi connectivity index (χ1) is 13.4. The predicted molar refractivity (Wildman–Crippen MR) is 115 cm³/mol. The number of ether oxygens (including phenoxy) is 1. The summed E-state index contributed by atoms with van der Waals surface area (Å²) in [5, 5.41) is 3.88. The third kappa shape index (κ3) is 3.96. The molecule has 0 unspecified atom stereocenters. The van der Waals surface area contributed by atoms with E-state index in [1.807, 2.05) is 26.0 Å². The van der Waals surface area contributed by atoms with Crippen LogP contribution in [0.25, 0.3) is 27.7 Å². The van der Waals surface area contributed by atoms with Crippen molar-refractivity contribution in [2.24, 2.45) is 0 Å². The lowest BCUT2D eigenvalue weighted by molar-refractivity contribution is -0.116. The topological polar surface area (TPSA) is 51.5 Å². The number of aryl methyl sites for hydroxylation is 2. The van der Waals surface area contributed by atoms with Gasteiger partial charge in [-0.3, -0.25) is 4.79 Å². The van der Waals surface area contributed by atoms with Gasteiger partial charge in [-0.25, -0.2) is 0 Å². The molecule has 0 spiro atoms. The Morgan fingerprint density at radius 2 is 1.96 bits per heavy atom. The number of nitrogens with one attached hydrogen (secondary N) is 1. The van der Waals surface area contributed by atoms with Gasteiger partial charge in [0.2, 0.25) is 5.91 Å². The number of rotatable bonds is 6. The Balaban J connectivity index is 2.11. The van der Waals surface area contributed by atoms with E-state index in [1.54, 1.807) is 19.4 Å². The van der Waals surface area contributed by atoms with E-state index in [4.69, 9.17) is 9.15 Å². The number of hydrogen-bond donors (Lipinski definition) is 1. The molecule has 1 aromatic heterocycles. The van der Waals surface area contributed by atoms with E-state index >= 15 is 0 Å². The molecule has 4 heteroatoms. The molecule has 0 aliphatic heterocycles. The van der Waals surface area contributed by atoms with Gasteiger partial charge in [-0.05, 0) is 50.0 Å².